The van der Waals surface area contributed by atoms with Crippen LogP contribution in [0.25, 0.3) is 0 Å². The molecule has 4 aliphatic carbocycles. The van der Waals surface area contributed by atoms with E-state index in [1.807, 2.05) is 0 Å². The van der Waals surface area contributed by atoms with Crippen molar-refractivity contribution in [3.8, 4) is 0 Å². The summed E-state index contributed by atoms with van der Waals surface area (Å²) in [5.74, 6) is 1.64. The highest BCUT2D eigenvalue weighted by Gasteiger charge is 2.61. The van der Waals surface area contributed by atoms with E-state index in [1.54, 1.807) is 11.1 Å². The summed E-state index contributed by atoms with van der Waals surface area (Å²) >= 11 is 2.80. The van der Waals surface area contributed by atoms with Crippen LogP contribution >= 0.6 is 22.6 Å². The van der Waals surface area contributed by atoms with Gasteiger partial charge in [-0.25, -0.2) is 0 Å². The third-order valence-corrected chi connectivity index (χ3v) is 11.1. The molecule has 0 aromatic heterocycles. The van der Waals surface area contributed by atoms with Crippen molar-refractivity contribution in [2.45, 2.75) is 75.6 Å². The zero-order valence-corrected chi connectivity index (χ0v) is 18.4. The van der Waals surface area contributed by atoms with Crippen molar-refractivity contribution < 1.29 is 0 Å². The molecule has 0 amide bonds. The van der Waals surface area contributed by atoms with Crippen molar-refractivity contribution in [3.63, 3.8) is 0 Å². The molecule has 2 fully saturated rings. The molecule has 2 saturated carbocycles. The van der Waals surface area contributed by atoms with Crippen molar-refractivity contribution in [3.05, 3.63) is 47.6 Å². The first-order chi connectivity index (χ1) is 11.8. The van der Waals surface area contributed by atoms with Crippen LogP contribution in [0.4, 0.5) is 0 Å². The molecule has 0 bridgehead atoms. The fourth-order valence-corrected chi connectivity index (χ4v) is 8.10. The van der Waals surface area contributed by atoms with Crippen molar-refractivity contribution in [1.82, 2.24) is 0 Å². The summed E-state index contributed by atoms with van der Waals surface area (Å²) in [5.41, 5.74) is 7.01. The summed E-state index contributed by atoms with van der Waals surface area (Å²) < 4.78 is 0.296. The molecule has 4 aliphatic rings. The van der Waals surface area contributed by atoms with Crippen LogP contribution in [0.15, 0.2) is 47.6 Å². The van der Waals surface area contributed by atoms with Gasteiger partial charge in [-0.3, -0.25) is 0 Å². The summed E-state index contributed by atoms with van der Waals surface area (Å²) in [6.07, 6.45) is 15.3. The van der Waals surface area contributed by atoms with Crippen LogP contribution in [0.2, 0.25) is 0 Å². The highest BCUT2D eigenvalue weighted by atomic mass is 127. The molecule has 5 atom stereocenters. The summed E-state index contributed by atoms with van der Waals surface area (Å²) in [5, 5.41) is 0. The Bertz CT molecular complexity index is 695. The lowest BCUT2D eigenvalue weighted by atomic mass is 9.51. The SMILES string of the molecule is C=C1C=C2CCC3C(=CC[C@@]4(C)C3CC[C@]4(I)C(=C)CC)[C@@]2(C)CC1. The average Bonchev–Trinajstić information content (AvgIpc) is 2.87. The Morgan fingerprint density at radius 3 is 2.72 bits per heavy atom. The van der Waals surface area contributed by atoms with Crippen LogP contribution in [0, 0.1) is 22.7 Å². The number of hydrogen-bond acceptors (Lipinski definition) is 0. The fourth-order valence-electron chi connectivity index (χ4n) is 6.79. The smallest absolute Gasteiger partial charge is 0.0486 e. The number of rotatable bonds is 2. The van der Waals surface area contributed by atoms with Gasteiger partial charge in [-0.1, -0.05) is 91.0 Å². The minimum atomic E-state index is 0.296. The molecule has 136 valence electrons. The van der Waals surface area contributed by atoms with Crippen LogP contribution in [0.1, 0.15) is 72.1 Å². The minimum absolute atomic E-state index is 0.296. The summed E-state index contributed by atoms with van der Waals surface area (Å²) in [6.45, 7) is 16.2. The van der Waals surface area contributed by atoms with E-state index in [2.05, 4.69) is 68.7 Å². The molecule has 0 heterocycles. The van der Waals surface area contributed by atoms with Gasteiger partial charge in [-0.2, -0.15) is 0 Å². The van der Waals surface area contributed by atoms with Crippen molar-refractivity contribution in [1.29, 1.82) is 0 Å². The lowest BCUT2D eigenvalue weighted by Crippen LogP contribution is -2.48. The van der Waals surface area contributed by atoms with Gasteiger partial charge < -0.3 is 0 Å². The molecule has 0 aromatic carbocycles. The van der Waals surface area contributed by atoms with Gasteiger partial charge in [0.1, 0.15) is 0 Å². The fraction of sp³-hybridized carbons (Fsp3) is 0.667. The van der Waals surface area contributed by atoms with Crippen LogP contribution in [0.5, 0.6) is 0 Å². The molecule has 4 rings (SSSR count). The monoisotopic (exact) mass is 448 g/mol. The van der Waals surface area contributed by atoms with E-state index in [0.717, 1.165) is 18.3 Å². The van der Waals surface area contributed by atoms with E-state index < -0.39 is 0 Å². The second-order valence-corrected chi connectivity index (χ2v) is 11.3. The van der Waals surface area contributed by atoms with E-state index in [-0.39, 0.29) is 0 Å². The van der Waals surface area contributed by atoms with Crippen LogP contribution in [-0.2, 0) is 0 Å². The number of hydrogen-bond donors (Lipinski definition) is 0. The van der Waals surface area contributed by atoms with E-state index in [1.165, 1.54) is 56.1 Å². The number of allylic oxidation sites excluding steroid dienone is 6. The van der Waals surface area contributed by atoms with Gasteiger partial charge in [0.05, 0.1) is 0 Å². The molecule has 0 saturated heterocycles. The van der Waals surface area contributed by atoms with E-state index in [9.17, 15) is 0 Å². The molecule has 0 nitrogen and oxygen atoms in total. The first-order valence-corrected chi connectivity index (χ1v) is 11.3. The van der Waals surface area contributed by atoms with Gasteiger partial charge in [0.2, 0.25) is 0 Å². The maximum atomic E-state index is 4.51. The lowest BCUT2D eigenvalue weighted by molar-refractivity contribution is 0.112. The Morgan fingerprint density at radius 2 is 2.00 bits per heavy atom. The normalized spacial score (nSPS) is 45.8. The number of halogens is 1. The molecular weight excluding hydrogens is 415 g/mol. The molecule has 0 aliphatic heterocycles. The quantitative estimate of drug-likeness (QED) is 0.232. The van der Waals surface area contributed by atoms with Crippen LogP contribution < -0.4 is 0 Å². The standard InChI is InChI=1S/C24H33I/c1-6-17(3)24(25)14-11-21-19-8-7-18-15-16(2)9-12-22(18,4)20(19)10-13-23(21,24)5/h10,15,19,21H,2-3,6-9,11-14H2,1,4-5H3/t19?,21?,22-,23-,24-/m0/s1. The third-order valence-electron chi connectivity index (χ3n) is 8.54. The molecule has 0 N–H and O–H groups in total. The Hall–Kier alpha value is -0.310. The van der Waals surface area contributed by atoms with E-state index >= 15 is 0 Å². The maximum absolute atomic E-state index is 4.51. The number of alkyl halides is 1. The van der Waals surface area contributed by atoms with Crippen LogP contribution in [-0.4, -0.2) is 3.42 Å². The second kappa shape index (κ2) is 5.84. The third kappa shape index (κ3) is 2.29. The van der Waals surface area contributed by atoms with E-state index in [0.29, 0.717) is 14.3 Å². The van der Waals surface area contributed by atoms with E-state index in [4.69, 9.17) is 0 Å². The molecule has 0 spiro atoms. The highest BCUT2D eigenvalue weighted by Crippen LogP contribution is 2.69. The molecule has 1 heteroatoms. The summed E-state index contributed by atoms with van der Waals surface area (Å²) in [4.78, 5) is 0. The Kier molecular flexibility index (Phi) is 4.22. The van der Waals surface area contributed by atoms with Gasteiger partial charge in [0.15, 0.2) is 0 Å². The van der Waals surface area contributed by atoms with Crippen molar-refractivity contribution in [2.75, 3.05) is 0 Å². The minimum Gasteiger partial charge on any atom is -0.0985 e. The van der Waals surface area contributed by atoms with Gasteiger partial charge in [-0.05, 0) is 68.6 Å². The molecule has 0 radical (unpaired) electrons. The summed E-state index contributed by atoms with van der Waals surface area (Å²) in [6, 6.07) is 0. The zero-order valence-electron chi connectivity index (χ0n) is 16.3. The second-order valence-electron chi connectivity index (χ2n) is 9.49. The Balaban J connectivity index is 1.75. The molecule has 25 heavy (non-hydrogen) atoms. The van der Waals surface area contributed by atoms with Crippen LogP contribution in [0.3, 0.4) is 0 Å². The molecule has 0 aromatic rings. The van der Waals surface area contributed by atoms with Gasteiger partial charge in [0, 0.05) is 8.84 Å². The lowest BCUT2D eigenvalue weighted by Gasteiger charge is -2.55. The predicted octanol–water partition coefficient (Wildman–Crippen LogP) is 7.57. The summed E-state index contributed by atoms with van der Waals surface area (Å²) in [7, 11) is 0. The topological polar surface area (TPSA) is 0 Å². The average molecular weight is 448 g/mol. The Labute approximate surface area is 168 Å². The largest absolute Gasteiger partial charge is 0.0985 e. The van der Waals surface area contributed by atoms with Gasteiger partial charge in [0.25, 0.3) is 0 Å². The molecular formula is C24H33I. The first-order valence-electron chi connectivity index (χ1n) is 10.2. The predicted molar refractivity (Wildman–Crippen MR) is 117 cm³/mol. The maximum Gasteiger partial charge on any atom is 0.0486 e. The van der Waals surface area contributed by atoms with Gasteiger partial charge >= 0.3 is 0 Å². The molecule has 2 unspecified atom stereocenters. The highest BCUT2D eigenvalue weighted by molar-refractivity contribution is 14.1. The number of fused-ring (bicyclic) bond motifs is 5. The van der Waals surface area contributed by atoms with Crippen molar-refractivity contribution in [2.24, 2.45) is 22.7 Å². The first kappa shape index (κ1) is 18.1. The van der Waals surface area contributed by atoms with Crippen molar-refractivity contribution >= 4 is 22.6 Å². The van der Waals surface area contributed by atoms with Gasteiger partial charge in [-0.15, -0.1) is 0 Å². The Morgan fingerprint density at radius 1 is 1.24 bits per heavy atom. The zero-order chi connectivity index (χ0) is 18.0.